The first-order valence-electron chi connectivity index (χ1n) is 5.28. The van der Waals surface area contributed by atoms with Gasteiger partial charge in [0.15, 0.2) is 11.6 Å². The fourth-order valence-electron chi connectivity index (χ4n) is 1.56. The SMILES string of the molecule is Cc1cc2c(F)cc(F)c(OS(=O)(=O)C(F)(F)F)c2cn1. The minimum absolute atomic E-state index is 0.239. The first-order valence-corrected chi connectivity index (χ1v) is 6.69. The highest BCUT2D eigenvalue weighted by Gasteiger charge is 2.49. The summed E-state index contributed by atoms with van der Waals surface area (Å²) in [6, 6.07) is 1.36. The van der Waals surface area contributed by atoms with E-state index in [4.69, 9.17) is 0 Å². The van der Waals surface area contributed by atoms with Gasteiger partial charge in [0.1, 0.15) is 5.82 Å². The summed E-state index contributed by atoms with van der Waals surface area (Å²) in [7, 11) is -6.08. The molecule has 0 spiro atoms. The molecule has 2 rings (SSSR count). The van der Waals surface area contributed by atoms with E-state index < -0.39 is 38.4 Å². The van der Waals surface area contributed by atoms with Gasteiger partial charge in [-0.05, 0) is 13.0 Å². The topological polar surface area (TPSA) is 56.3 Å². The van der Waals surface area contributed by atoms with Crippen molar-refractivity contribution >= 4 is 20.9 Å². The van der Waals surface area contributed by atoms with E-state index in [2.05, 4.69) is 9.17 Å². The molecule has 0 radical (unpaired) electrons. The second-order valence-corrected chi connectivity index (χ2v) is 5.56. The summed E-state index contributed by atoms with van der Waals surface area (Å²) < 4.78 is 89.6. The fraction of sp³-hybridized carbons (Fsp3) is 0.182. The molecular formula is C11H6F5NO3S. The quantitative estimate of drug-likeness (QED) is 0.483. The molecule has 0 aliphatic rings. The van der Waals surface area contributed by atoms with Crippen LogP contribution in [0, 0.1) is 18.6 Å². The van der Waals surface area contributed by atoms with Crippen molar-refractivity contribution in [3.05, 3.63) is 35.7 Å². The van der Waals surface area contributed by atoms with E-state index in [0.717, 1.165) is 12.3 Å². The van der Waals surface area contributed by atoms with E-state index in [0.29, 0.717) is 5.69 Å². The average molecular weight is 327 g/mol. The van der Waals surface area contributed by atoms with Crippen molar-refractivity contribution in [2.45, 2.75) is 12.4 Å². The van der Waals surface area contributed by atoms with E-state index in [1.807, 2.05) is 0 Å². The summed E-state index contributed by atoms with van der Waals surface area (Å²) in [6.07, 6.45) is 0.831. The minimum Gasteiger partial charge on any atom is -0.372 e. The Bertz CT molecular complexity index is 817. The lowest BCUT2D eigenvalue weighted by Crippen LogP contribution is -2.28. The molecule has 114 valence electrons. The molecule has 0 aliphatic carbocycles. The fourth-order valence-corrected chi connectivity index (χ4v) is 2.05. The number of benzene rings is 1. The maximum absolute atomic E-state index is 13.6. The van der Waals surface area contributed by atoms with Crippen LogP contribution in [0.25, 0.3) is 10.8 Å². The van der Waals surface area contributed by atoms with Gasteiger partial charge in [-0.2, -0.15) is 21.6 Å². The normalized spacial score (nSPS) is 12.7. The summed E-state index contributed by atoms with van der Waals surface area (Å²) in [5.41, 5.74) is -5.43. The minimum atomic E-state index is -6.08. The molecule has 0 bridgehead atoms. The molecular weight excluding hydrogens is 321 g/mol. The van der Waals surface area contributed by atoms with E-state index in [1.54, 1.807) is 0 Å². The molecule has 0 amide bonds. The number of halogens is 5. The number of aryl methyl sites for hydroxylation is 1. The van der Waals surface area contributed by atoms with Gasteiger partial charge in [-0.3, -0.25) is 4.98 Å². The lowest BCUT2D eigenvalue weighted by molar-refractivity contribution is -0.0500. The summed E-state index contributed by atoms with van der Waals surface area (Å²) in [5, 5.41) is -0.831. The van der Waals surface area contributed by atoms with Gasteiger partial charge >= 0.3 is 15.6 Å². The first-order chi connectivity index (χ1) is 9.53. The Morgan fingerprint density at radius 3 is 2.29 bits per heavy atom. The lowest BCUT2D eigenvalue weighted by atomic mass is 10.1. The van der Waals surface area contributed by atoms with Gasteiger partial charge in [-0.1, -0.05) is 0 Å². The van der Waals surface area contributed by atoms with E-state index in [9.17, 15) is 30.4 Å². The molecule has 10 heteroatoms. The Labute approximate surface area is 115 Å². The van der Waals surface area contributed by atoms with Gasteiger partial charge in [-0.15, -0.1) is 0 Å². The summed E-state index contributed by atoms with van der Waals surface area (Å²) >= 11 is 0. The standard InChI is InChI=1S/C11H6F5NO3S/c1-5-2-6-7(4-17-5)10(9(13)3-8(6)12)20-21(18,19)11(14,15)16/h2-4H,1H3. The first kappa shape index (κ1) is 15.4. The van der Waals surface area contributed by atoms with Gasteiger partial charge in [0.25, 0.3) is 0 Å². The van der Waals surface area contributed by atoms with Crippen LogP contribution in [0.4, 0.5) is 22.0 Å². The average Bonchev–Trinajstić information content (AvgIpc) is 2.33. The molecule has 21 heavy (non-hydrogen) atoms. The van der Waals surface area contributed by atoms with Crippen LogP contribution in [0.15, 0.2) is 18.3 Å². The maximum Gasteiger partial charge on any atom is 0.534 e. The zero-order valence-electron chi connectivity index (χ0n) is 10.2. The van der Waals surface area contributed by atoms with Crippen LogP contribution in [0.3, 0.4) is 0 Å². The molecule has 1 heterocycles. The molecule has 4 nitrogen and oxygen atoms in total. The Morgan fingerprint density at radius 1 is 1.10 bits per heavy atom. The third-order valence-electron chi connectivity index (χ3n) is 2.49. The number of hydrogen-bond acceptors (Lipinski definition) is 4. The second kappa shape index (κ2) is 4.79. The Balaban J connectivity index is 2.71. The molecule has 0 saturated carbocycles. The number of rotatable bonds is 2. The molecule has 0 N–H and O–H groups in total. The van der Waals surface area contributed by atoms with Crippen molar-refractivity contribution < 1.29 is 34.6 Å². The third kappa shape index (κ3) is 2.75. The van der Waals surface area contributed by atoms with Gasteiger partial charge in [-0.25, -0.2) is 8.78 Å². The van der Waals surface area contributed by atoms with Crippen LogP contribution in [0.5, 0.6) is 5.75 Å². The van der Waals surface area contributed by atoms with Crippen LogP contribution < -0.4 is 4.18 Å². The highest BCUT2D eigenvalue weighted by Crippen LogP contribution is 2.35. The summed E-state index contributed by atoms with van der Waals surface area (Å²) in [5.74, 6) is -3.92. The summed E-state index contributed by atoms with van der Waals surface area (Å²) in [6.45, 7) is 1.47. The van der Waals surface area contributed by atoms with Crippen LogP contribution in [-0.4, -0.2) is 18.9 Å². The zero-order valence-corrected chi connectivity index (χ0v) is 11.0. The van der Waals surface area contributed by atoms with Gasteiger partial charge in [0, 0.05) is 28.7 Å². The highest BCUT2D eigenvalue weighted by atomic mass is 32.2. The Kier molecular flexibility index (Phi) is 3.52. The van der Waals surface area contributed by atoms with Crippen molar-refractivity contribution in [1.82, 2.24) is 4.98 Å². The van der Waals surface area contributed by atoms with Crippen LogP contribution in [-0.2, 0) is 10.1 Å². The number of hydrogen-bond donors (Lipinski definition) is 0. The number of aromatic nitrogens is 1. The highest BCUT2D eigenvalue weighted by molar-refractivity contribution is 7.88. The molecule has 1 aromatic heterocycles. The molecule has 2 aromatic rings. The van der Waals surface area contributed by atoms with Crippen molar-refractivity contribution in [2.75, 3.05) is 0 Å². The van der Waals surface area contributed by atoms with Crippen molar-refractivity contribution in [2.24, 2.45) is 0 Å². The van der Waals surface area contributed by atoms with Gasteiger partial charge in [0.05, 0.1) is 0 Å². The lowest BCUT2D eigenvalue weighted by Gasteiger charge is -2.12. The van der Waals surface area contributed by atoms with Crippen molar-refractivity contribution in [3.8, 4) is 5.75 Å². The third-order valence-corrected chi connectivity index (χ3v) is 3.44. The van der Waals surface area contributed by atoms with Crippen LogP contribution >= 0.6 is 0 Å². The van der Waals surface area contributed by atoms with Gasteiger partial charge < -0.3 is 4.18 Å². The van der Waals surface area contributed by atoms with Gasteiger partial charge in [0.2, 0.25) is 0 Å². The summed E-state index contributed by atoms with van der Waals surface area (Å²) in [4.78, 5) is 3.65. The van der Waals surface area contributed by atoms with E-state index in [1.165, 1.54) is 6.92 Å². The predicted octanol–water partition coefficient (Wildman–Crippen LogP) is 3.05. The second-order valence-electron chi connectivity index (χ2n) is 4.02. The maximum atomic E-state index is 13.6. The largest absolute Gasteiger partial charge is 0.534 e. The number of nitrogens with zero attached hydrogens (tertiary/aromatic N) is 1. The Morgan fingerprint density at radius 2 is 1.71 bits per heavy atom. The number of pyridine rings is 1. The predicted molar refractivity (Wildman–Crippen MR) is 62.0 cm³/mol. The number of alkyl halides is 3. The molecule has 0 aliphatic heterocycles. The van der Waals surface area contributed by atoms with Crippen molar-refractivity contribution in [1.29, 1.82) is 0 Å². The van der Waals surface area contributed by atoms with E-state index >= 15 is 0 Å². The molecule has 0 saturated heterocycles. The molecule has 0 fully saturated rings. The van der Waals surface area contributed by atoms with Crippen LogP contribution in [0.2, 0.25) is 0 Å². The molecule has 0 unspecified atom stereocenters. The van der Waals surface area contributed by atoms with Crippen molar-refractivity contribution in [3.63, 3.8) is 0 Å². The van der Waals surface area contributed by atoms with E-state index in [-0.39, 0.29) is 11.5 Å². The van der Waals surface area contributed by atoms with Crippen LogP contribution in [0.1, 0.15) is 5.69 Å². The molecule has 0 atom stereocenters. The molecule has 1 aromatic carbocycles. The zero-order chi connectivity index (χ0) is 16.0. The smallest absolute Gasteiger partial charge is 0.372 e. The number of fused-ring (bicyclic) bond motifs is 1. The Hall–Kier alpha value is -1.97. The monoisotopic (exact) mass is 327 g/mol.